The Morgan fingerprint density at radius 3 is 2.15 bits per heavy atom. The lowest BCUT2D eigenvalue weighted by molar-refractivity contribution is -0.137. The molecule has 2 aliphatic rings. The van der Waals surface area contributed by atoms with Crippen LogP contribution in [0.5, 0.6) is 0 Å². The molecule has 1 atom stereocenters. The molecular formula is C28H38F3N3. The van der Waals surface area contributed by atoms with Crippen molar-refractivity contribution in [1.29, 1.82) is 0 Å². The highest BCUT2D eigenvalue weighted by molar-refractivity contribution is 5.27. The quantitative estimate of drug-likeness (QED) is 0.456. The number of piperazine rings is 1. The minimum absolute atomic E-state index is 0.139. The molecule has 2 aromatic rings. The average molecular weight is 474 g/mol. The van der Waals surface area contributed by atoms with Crippen LogP contribution in [0.1, 0.15) is 61.3 Å². The van der Waals surface area contributed by atoms with Gasteiger partial charge in [-0.2, -0.15) is 13.2 Å². The molecule has 186 valence electrons. The number of hydrogen-bond acceptors (Lipinski definition) is 3. The maximum Gasteiger partial charge on any atom is 0.416 e. The van der Waals surface area contributed by atoms with Crippen molar-refractivity contribution in [2.45, 2.75) is 63.2 Å². The highest BCUT2D eigenvalue weighted by Gasteiger charge is 2.32. The van der Waals surface area contributed by atoms with Gasteiger partial charge in [-0.1, -0.05) is 61.7 Å². The Labute approximate surface area is 202 Å². The Balaban J connectivity index is 1.35. The van der Waals surface area contributed by atoms with Crippen molar-refractivity contribution in [1.82, 2.24) is 15.1 Å². The molecule has 0 aromatic heterocycles. The van der Waals surface area contributed by atoms with Gasteiger partial charge in [0.1, 0.15) is 0 Å². The molecule has 1 heterocycles. The highest BCUT2D eigenvalue weighted by atomic mass is 19.4. The van der Waals surface area contributed by atoms with Gasteiger partial charge in [-0.25, -0.2) is 0 Å². The van der Waals surface area contributed by atoms with Crippen LogP contribution in [-0.2, 0) is 12.6 Å². The number of hydrogen-bond donors (Lipinski definition) is 1. The third kappa shape index (κ3) is 7.06. The van der Waals surface area contributed by atoms with E-state index in [1.807, 2.05) is 6.07 Å². The van der Waals surface area contributed by atoms with E-state index >= 15 is 0 Å². The van der Waals surface area contributed by atoms with Crippen LogP contribution in [0.2, 0.25) is 0 Å². The third-order valence-corrected chi connectivity index (χ3v) is 7.53. The zero-order chi connectivity index (χ0) is 23.8. The van der Waals surface area contributed by atoms with Gasteiger partial charge in [-0.3, -0.25) is 9.80 Å². The molecule has 3 nitrogen and oxygen atoms in total. The van der Waals surface area contributed by atoms with Gasteiger partial charge in [-0.05, 0) is 62.0 Å². The summed E-state index contributed by atoms with van der Waals surface area (Å²) >= 11 is 0. The number of nitrogens with zero attached hydrogens (tertiary/aromatic N) is 2. The summed E-state index contributed by atoms with van der Waals surface area (Å²) in [7, 11) is 0. The minimum atomic E-state index is -4.29. The lowest BCUT2D eigenvalue weighted by Crippen LogP contribution is -2.51. The van der Waals surface area contributed by atoms with Crippen molar-refractivity contribution in [2.75, 3.05) is 39.3 Å². The van der Waals surface area contributed by atoms with Gasteiger partial charge in [0.2, 0.25) is 0 Å². The molecule has 4 rings (SSSR count). The number of nitrogens with one attached hydrogen (secondary N) is 1. The Morgan fingerprint density at radius 2 is 1.50 bits per heavy atom. The van der Waals surface area contributed by atoms with Gasteiger partial charge >= 0.3 is 6.18 Å². The van der Waals surface area contributed by atoms with E-state index in [-0.39, 0.29) is 6.04 Å². The minimum Gasteiger partial charge on any atom is -0.316 e. The Morgan fingerprint density at radius 1 is 0.824 bits per heavy atom. The van der Waals surface area contributed by atoms with Crippen LogP contribution in [0, 0.1) is 0 Å². The molecule has 2 fully saturated rings. The molecule has 1 unspecified atom stereocenters. The molecule has 6 heteroatoms. The lowest BCUT2D eigenvalue weighted by Gasteiger charge is -2.43. The normalized spacial score (nSPS) is 19.9. The third-order valence-electron chi connectivity index (χ3n) is 7.53. The summed E-state index contributed by atoms with van der Waals surface area (Å²) in [6, 6.07) is 17.1. The molecule has 1 saturated heterocycles. The highest BCUT2D eigenvalue weighted by Crippen LogP contribution is 2.32. The van der Waals surface area contributed by atoms with Gasteiger partial charge in [0.25, 0.3) is 0 Å². The molecule has 34 heavy (non-hydrogen) atoms. The first-order valence-corrected chi connectivity index (χ1v) is 12.9. The Bertz CT molecular complexity index is 839. The maximum atomic E-state index is 13.1. The van der Waals surface area contributed by atoms with E-state index in [9.17, 15) is 13.2 Å². The molecular weight excluding hydrogens is 435 g/mol. The monoisotopic (exact) mass is 473 g/mol. The van der Waals surface area contributed by atoms with Gasteiger partial charge in [0.05, 0.1) is 5.56 Å². The molecule has 0 amide bonds. The van der Waals surface area contributed by atoms with Crippen LogP contribution in [0.15, 0.2) is 54.6 Å². The van der Waals surface area contributed by atoms with Crippen LogP contribution in [0.25, 0.3) is 0 Å². The first-order chi connectivity index (χ1) is 16.5. The van der Waals surface area contributed by atoms with E-state index in [1.54, 1.807) is 12.1 Å². The topological polar surface area (TPSA) is 18.5 Å². The van der Waals surface area contributed by atoms with Crippen LogP contribution < -0.4 is 5.32 Å². The van der Waals surface area contributed by atoms with Crippen LogP contribution in [0.3, 0.4) is 0 Å². The predicted molar refractivity (Wildman–Crippen MR) is 132 cm³/mol. The first-order valence-electron chi connectivity index (χ1n) is 12.9. The summed E-state index contributed by atoms with van der Waals surface area (Å²) < 4.78 is 39.3. The molecule has 0 spiro atoms. The second-order valence-electron chi connectivity index (χ2n) is 9.77. The summed E-state index contributed by atoms with van der Waals surface area (Å²) in [5, 5.41) is 3.55. The van der Waals surface area contributed by atoms with E-state index in [1.165, 1.54) is 49.8 Å². The number of benzene rings is 2. The summed E-state index contributed by atoms with van der Waals surface area (Å²) in [4.78, 5) is 5.14. The van der Waals surface area contributed by atoms with E-state index < -0.39 is 11.7 Å². The van der Waals surface area contributed by atoms with E-state index in [0.29, 0.717) is 0 Å². The smallest absolute Gasteiger partial charge is 0.316 e. The second-order valence-corrected chi connectivity index (χ2v) is 9.77. The molecule has 1 saturated carbocycles. The second kappa shape index (κ2) is 12.2. The molecule has 0 radical (unpaired) electrons. The molecule has 1 N–H and O–H groups in total. The number of rotatable bonds is 9. The van der Waals surface area contributed by atoms with Gasteiger partial charge < -0.3 is 5.32 Å². The Hall–Kier alpha value is -1.89. The van der Waals surface area contributed by atoms with Crippen molar-refractivity contribution in [3.05, 3.63) is 71.3 Å². The maximum absolute atomic E-state index is 13.1. The zero-order valence-corrected chi connectivity index (χ0v) is 20.1. The fourth-order valence-electron chi connectivity index (χ4n) is 5.56. The lowest BCUT2D eigenvalue weighted by atomic mass is 9.93. The first kappa shape index (κ1) is 25.2. The van der Waals surface area contributed by atoms with Crippen molar-refractivity contribution >= 4 is 0 Å². The molecule has 2 aromatic carbocycles. The number of alkyl halides is 3. The van der Waals surface area contributed by atoms with Crippen LogP contribution >= 0.6 is 0 Å². The van der Waals surface area contributed by atoms with E-state index in [4.69, 9.17) is 0 Å². The fraction of sp³-hybridized carbons (Fsp3) is 0.571. The van der Waals surface area contributed by atoms with Gasteiger partial charge in [0, 0.05) is 38.3 Å². The Kier molecular flexibility index (Phi) is 9.04. The summed E-state index contributed by atoms with van der Waals surface area (Å²) in [6.45, 7) is 5.82. The predicted octanol–water partition coefficient (Wildman–Crippen LogP) is 5.92. The molecule has 1 aliphatic carbocycles. The fourth-order valence-corrected chi connectivity index (χ4v) is 5.56. The van der Waals surface area contributed by atoms with E-state index in [2.05, 4.69) is 39.4 Å². The van der Waals surface area contributed by atoms with Crippen molar-refractivity contribution in [2.24, 2.45) is 0 Å². The summed E-state index contributed by atoms with van der Waals surface area (Å²) in [5.41, 5.74) is 1.73. The van der Waals surface area contributed by atoms with E-state index in [0.717, 1.165) is 63.7 Å². The summed E-state index contributed by atoms with van der Waals surface area (Å²) in [5.74, 6) is 0. The zero-order valence-electron chi connectivity index (χ0n) is 20.1. The summed E-state index contributed by atoms with van der Waals surface area (Å²) in [6.07, 6.45) is 4.25. The molecule has 0 bridgehead atoms. The van der Waals surface area contributed by atoms with Crippen molar-refractivity contribution in [3.8, 4) is 0 Å². The van der Waals surface area contributed by atoms with Gasteiger partial charge in [0.15, 0.2) is 0 Å². The van der Waals surface area contributed by atoms with Crippen LogP contribution in [0.4, 0.5) is 13.2 Å². The van der Waals surface area contributed by atoms with Crippen molar-refractivity contribution < 1.29 is 13.2 Å². The molecule has 1 aliphatic heterocycles. The average Bonchev–Trinajstić information content (AvgIpc) is 2.87. The largest absolute Gasteiger partial charge is 0.416 e. The SMILES string of the molecule is FC(F)(F)c1ccc(C(CCNCCc2ccccc2)N2CCN(C3CCCCC3)CC2)cc1. The standard InChI is InChI=1S/C28H38F3N3/c29-28(30,31)25-13-11-24(12-14-25)27(16-18-32-17-15-23-7-3-1-4-8-23)34-21-19-33(20-22-34)26-9-5-2-6-10-26/h1,3-4,7-8,11-14,26-27,32H,2,5-6,9-10,15-22H2. The number of halogens is 3. The van der Waals surface area contributed by atoms with Crippen molar-refractivity contribution in [3.63, 3.8) is 0 Å². The van der Waals surface area contributed by atoms with Crippen LogP contribution in [-0.4, -0.2) is 55.1 Å². The van der Waals surface area contributed by atoms with Gasteiger partial charge in [-0.15, -0.1) is 0 Å².